The molecule has 0 unspecified atom stereocenters. The van der Waals surface area contributed by atoms with Crippen molar-refractivity contribution in [2.75, 3.05) is 11.9 Å². The van der Waals surface area contributed by atoms with Crippen molar-refractivity contribution in [3.63, 3.8) is 0 Å². The highest BCUT2D eigenvalue weighted by Crippen LogP contribution is 2.15. The van der Waals surface area contributed by atoms with Crippen LogP contribution in [-0.4, -0.2) is 92.5 Å². The number of aromatic carboxylic acids is 1. The summed E-state index contributed by atoms with van der Waals surface area (Å²) in [5.41, 5.74) is 4.59. The van der Waals surface area contributed by atoms with Crippen molar-refractivity contribution in [2.45, 2.75) is 70.8 Å². The number of amides is 5. The monoisotopic (exact) mass is 750 g/mol. The Kier molecular flexibility index (Phi) is 15.4. The number of nitrogens with one attached hydrogen (secondary N) is 7. The number of carbonyl (C=O) groups excluding carboxylic acids is 5. The fraction of sp³-hybridized carbons (Fsp3) is 0.389. The molecule has 1 aromatic heterocycles. The molecular weight excluding hydrogens is 704 g/mol. The van der Waals surface area contributed by atoms with Crippen molar-refractivity contribution in [2.24, 2.45) is 17.6 Å². The number of H-pyrrole nitrogens is 2. The van der Waals surface area contributed by atoms with Gasteiger partial charge >= 0.3 is 11.7 Å². The molecule has 290 valence electrons. The Morgan fingerprint density at radius 3 is 2.09 bits per heavy atom. The molecule has 0 spiro atoms. The van der Waals surface area contributed by atoms with Crippen molar-refractivity contribution in [1.82, 2.24) is 31.2 Å². The molecular formula is C36H46N8O10. The van der Waals surface area contributed by atoms with Gasteiger partial charge in [0.2, 0.25) is 17.7 Å². The summed E-state index contributed by atoms with van der Waals surface area (Å²) >= 11 is 0. The topological polar surface area (TPSA) is 295 Å². The number of benzene rings is 2. The van der Waals surface area contributed by atoms with E-state index in [9.17, 15) is 48.6 Å². The number of hydrogen-bond donors (Lipinski definition) is 10. The quantitative estimate of drug-likeness (QED) is 0.0769. The van der Waals surface area contributed by atoms with Gasteiger partial charge in [-0.15, -0.1) is 0 Å². The van der Waals surface area contributed by atoms with E-state index in [-0.39, 0.29) is 35.7 Å². The number of aromatic nitrogens is 2. The third-order valence-corrected chi connectivity index (χ3v) is 8.06. The highest BCUT2D eigenvalue weighted by molar-refractivity contribution is 5.97. The molecule has 11 N–H and O–H groups in total. The lowest BCUT2D eigenvalue weighted by Gasteiger charge is -2.29. The number of aliphatic hydroxyl groups excluding tert-OH is 1. The molecule has 18 heteroatoms. The molecule has 3 rings (SSSR count). The number of anilines is 1. The van der Waals surface area contributed by atoms with Crippen LogP contribution in [0.5, 0.6) is 0 Å². The van der Waals surface area contributed by atoms with E-state index in [1.165, 1.54) is 24.3 Å². The van der Waals surface area contributed by atoms with E-state index in [1.807, 2.05) is 18.8 Å². The van der Waals surface area contributed by atoms with Gasteiger partial charge in [0.05, 0.1) is 11.6 Å². The van der Waals surface area contributed by atoms with Crippen LogP contribution in [0.15, 0.2) is 70.3 Å². The number of aromatic amines is 2. The summed E-state index contributed by atoms with van der Waals surface area (Å²) in [6, 6.07) is 10.1. The van der Waals surface area contributed by atoms with Gasteiger partial charge in [-0.05, 0) is 48.4 Å². The average molecular weight is 751 g/mol. The Labute approximate surface area is 309 Å². The van der Waals surface area contributed by atoms with Crippen LogP contribution in [0, 0.1) is 11.8 Å². The molecule has 0 aliphatic heterocycles. The minimum Gasteiger partial charge on any atom is -0.478 e. The molecule has 0 radical (unpaired) electrons. The number of nitrogens with two attached hydrogens (primary N) is 1. The first-order chi connectivity index (χ1) is 25.4. The van der Waals surface area contributed by atoms with E-state index in [4.69, 9.17) is 5.73 Å². The lowest BCUT2D eigenvalue weighted by Crippen LogP contribution is -2.60. The van der Waals surface area contributed by atoms with Crippen molar-refractivity contribution in [3.8, 4) is 0 Å². The zero-order valence-electron chi connectivity index (χ0n) is 30.2. The van der Waals surface area contributed by atoms with Crippen molar-refractivity contribution < 1.29 is 39.0 Å². The van der Waals surface area contributed by atoms with Gasteiger partial charge in [-0.2, -0.15) is 0 Å². The smallest absolute Gasteiger partial charge is 0.335 e. The van der Waals surface area contributed by atoms with Crippen molar-refractivity contribution >= 4 is 41.2 Å². The predicted molar refractivity (Wildman–Crippen MR) is 196 cm³/mol. The fourth-order valence-electron chi connectivity index (χ4n) is 5.26. The molecule has 0 saturated carbocycles. The maximum atomic E-state index is 13.8. The van der Waals surface area contributed by atoms with Gasteiger partial charge in [0.1, 0.15) is 23.8 Å². The van der Waals surface area contributed by atoms with Crippen molar-refractivity contribution in [3.05, 3.63) is 98.3 Å². The summed E-state index contributed by atoms with van der Waals surface area (Å²) in [4.78, 5) is 104. The normalized spacial score (nSPS) is 13.9. The maximum absolute atomic E-state index is 13.8. The van der Waals surface area contributed by atoms with E-state index in [1.54, 1.807) is 44.2 Å². The zero-order valence-corrected chi connectivity index (χ0v) is 30.2. The summed E-state index contributed by atoms with van der Waals surface area (Å²) < 4.78 is 0. The first-order valence-electron chi connectivity index (χ1n) is 17.1. The number of carboxylic acid groups (broad SMARTS) is 1. The van der Waals surface area contributed by atoms with Gasteiger partial charge in [-0.3, -0.25) is 33.8 Å². The molecule has 2 aromatic carbocycles. The molecule has 0 aliphatic rings. The molecule has 3 aromatic rings. The van der Waals surface area contributed by atoms with E-state index in [0.717, 1.165) is 6.07 Å². The number of hydrogen-bond acceptors (Lipinski definition) is 10. The van der Waals surface area contributed by atoms with Crippen LogP contribution in [0.4, 0.5) is 5.69 Å². The van der Waals surface area contributed by atoms with Crippen LogP contribution in [0.3, 0.4) is 0 Å². The largest absolute Gasteiger partial charge is 0.478 e. The number of aliphatic hydroxyl groups is 1. The Hall–Kier alpha value is -6.14. The summed E-state index contributed by atoms with van der Waals surface area (Å²) in [5.74, 6) is -5.89. The van der Waals surface area contributed by atoms with Gasteiger partial charge in [0.25, 0.3) is 17.4 Å². The summed E-state index contributed by atoms with van der Waals surface area (Å²) in [7, 11) is 0. The Balaban J connectivity index is 1.74. The fourth-order valence-corrected chi connectivity index (χ4v) is 5.26. The highest BCUT2D eigenvalue weighted by atomic mass is 16.4. The van der Waals surface area contributed by atoms with E-state index in [2.05, 4.69) is 31.6 Å². The molecule has 18 nitrogen and oxygen atoms in total. The number of carboxylic acids is 1. The van der Waals surface area contributed by atoms with Gasteiger partial charge < -0.3 is 47.5 Å². The van der Waals surface area contributed by atoms with Gasteiger partial charge in [-0.1, -0.05) is 64.1 Å². The molecule has 0 saturated heterocycles. The first-order valence-corrected chi connectivity index (χ1v) is 17.1. The Morgan fingerprint density at radius 1 is 0.796 bits per heavy atom. The standard InChI is InChI=1S/C36H46N8O10/c1-18(2)13-25(41-33(50)28(19(3)4)44-30(47)23(37)17-38-31(48)26-16-27(45)43-36(54)42-26)32(49)40-24(14-20-9-6-5-7-10-20)29(46)34(51)39-22-12-8-11-21(15-22)35(52)53/h5-12,15-16,18-19,23-25,28-29,46H,13-14,17,37H2,1-4H3,(H,38,48)(H,39,51)(H,40,49)(H,41,50)(H,44,47)(H,52,53)(H2,42,43,45,54)/t23-,24-,25-,28-,29+/m0/s1. The highest BCUT2D eigenvalue weighted by Gasteiger charge is 2.34. The van der Waals surface area contributed by atoms with Crippen molar-refractivity contribution in [1.29, 1.82) is 0 Å². The Bertz CT molecular complexity index is 1900. The third-order valence-electron chi connectivity index (χ3n) is 8.06. The molecule has 5 atom stereocenters. The van der Waals surface area contributed by atoms with Crippen LogP contribution in [0.25, 0.3) is 0 Å². The maximum Gasteiger partial charge on any atom is 0.335 e. The number of rotatable bonds is 18. The average Bonchev–Trinajstić information content (AvgIpc) is 3.11. The second-order valence-electron chi connectivity index (χ2n) is 13.4. The second kappa shape index (κ2) is 19.6. The van der Waals surface area contributed by atoms with Gasteiger partial charge in [0, 0.05) is 18.3 Å². The van der Waals surface area contributed by atoms with E-state index < -0.39 is 89.5 Å². The lowest BCUT2D eigenvalue weighted by atomic mass is 9.97. The third kappa shape index (κ3) is 12.8. The van der Waals surface area contributed by atoms with Gasteiger partial charge in [-0.25, -0.2) is 9.59 Å². The van der Waals surface area contributed by atoms with Crippen LogP contribution in [-0.2, 0) is 25.6 Å². The zero-order chi connectivity index (χ0) is 40.1. The van der Waals surface area contributed by atoms with Gasteiger partial charge in [0.15, 0.2) is 6.10 Å². The molecule has 0 bridgehead atoms. The molecule has 5 amide bonds. The Morgan fingerprint density at radius 2 is 1.48 bits per heavy atom. The van der Waals surface area contributed by atoms with Crippen LogP contribution < -0.4 is 43.6 Å². The molecule has 54 heavy (non-hydrogen) atoms. The van der Waals surface area contributed by atoms with Crippen LogP contribution in [0.1, 0.15) is 60.5 Å². The van der Waals surface area contributed by atoms with Crippen LogP contribution in [0.2, 0.25) is 0 Å². The second-order valence-corrected chi connectivity index (χ2v) is 13.4. The lowest BCUT2D eigenvalue weighted by molar-refractivity contribution is -0.134. The SMILES string of the molecule is CC(C)C[C@H](NC(=O)[C@@H](NC(=O)[C@@H](N)CNC(=O)c1cc(=O)[nH]c(=O)[nH]1)C(C)C)C(=O)N[C@@H](Cc1ccccc1)[C@@H](O)C(=O)Nc1cccc(C(=O)O)c1. The minimum absolute atomic E-state index is 0.00856. The first kappa shape index (κ1) is 42.3. The predicted octanol–water partition coefficient (Wildman–Crippen LogP) is -0.783. The molecule has 0 fully saturated rings. The van der Waals surface area contributed by atoms with E-state index >= 15 is 0 Å². The van der Waals surface area contributed by atoms with Crippen LogP contribution >= 0.6 is 0 Å². The summed E-state index contributed by atoms with van der Waals surface area (Å²) in [5, 5.41) is 33.2. The minimum atomic E-state index is -1.81. The molecule has 1 heterocycles. The summed E-state index contributed by atoms with van der Waals surface area (Å²) in [6.45, 7) is 6.51. The number of carbonyl (C=O) groups is 6. The summed E-state index contributed by atoms with van der Waals surface area (Å²) in [6.07, 6.45) is -1.67. The van der Waals surface area contributed by atoms with E-state index in [0.29, 0.717) is 5.56 Å². The molecule has 0 aliphatic carbocycles.